The number of likely N-dealkylation sites (N-methyl/N-ethyl adjacent to an activating group) is 2. The Morgan fingerprint density at radius 3 is 3.06 bits per heavy atom. The van der Waals surface area contributed by atoms with Gasteiger partial charge in [0.15, 0.2) is 0 Å². The molecular formula is C12H16N2O2S. The zero-order valence-corrected chi connectivity index (χ0v) is 10.8. The summed E-state index contributed by atoms with van der Waals surface area (Å²) in [6, 6.07) is 1.93. The fraction of sp³-hybridized carbons (Fsp3) is 0.417. The average Bonchev–Trinajstić information content (AvgIpc) is 2.73. The van der Waals surface area contributed by atoms with Crippen LogP contribution in [-0.4, -0.2) is 43.2 Å². The minimum absolute atomic E-state index is 0.00736. The van der Waals surface area contributed by atoms with Crippen molar-refractivity contribution in [1.82, 2.24) is 10.2 Å². The molecule has 0 saturated heterocycles. The Kier molecular flexibility index (Phi) is 5.70. The number of thiophene rings is 1. The second kappa shape index (κ2) is 7.07. The minimum atomic E-state index is -0.136. The number of nitrogens with one attached hydrogen (secondary N) is 1. The van der Waals surface area contributed by atoms with Crippen LogP contribution < -0.4 is 5.32 Å². The van der Waals surface area contributed by atoms with Gasteiger partial charge < -0.3 is 10.4 Å². The first kappa shape index (κ1) is 13.7. The lowest BCUT2D eigenvalue weighted by Gasteiger charge is -2.14. The molecule has 0 unspecified atom stereocenters. The molecule has 0 aliphatic rings. The number of aliphatic hydroxyl groups excluding tert-OH is 1. The van der Waals surface area contributed by atoms with Gasteiger partial charge in [0.25, 0.3) is 0 Å². The van der Waals surface area contributed by atoms with Gasteiger partial charge in [-0.2, -0.15) is 0 Å². The first-order valence-electron chi connectivity index (χ1n) is 5.22. The van der Waals surface area contributed by atoms with E-state index in [2.05, 4.69) is 17.2 Å². The molecule has 0 radical (unpaired) electrons. The lowest BCUT2D eigenvalue weighted by Crippen LogP contribution is -2.32. The molecule has 0 spiro atoms. The standard InChI is InChI=1S/C12H16N2O2S/c1-13-12(16)9-14(2)8-11-10(4-3-6-15)5-7-17-11/h5,7,15H,6,8-9H2,1-2H3,(H,13,16). The van der Waals surface area contributed by atoms with Crippen molar-refractivity contribution in [3.8, 4) is 11.8 Å². The van der Waals surface area contributed by atoms with Gasteiger partial charge in [0.2, 0.25) is 5.91 Å². The summed E-state index contributed by atoms with van der Waals surface area (Å²) in [6.07, 6.45) is 0. The number of hydrogen-bond acceptors (Lipinski definition) is 4. The van der Waals surface area contributed by atoms with E-state index < -0.39 is 0 Å². The van der Waals surface area contributed by atoms with Crippen LogP contribution in [0.4, 0.5) is 0 Å². The topological polar surface area (TPSA) is 52.6 Å². The lowest BCUT2D eigenvalue weighted by atomic mass is 10.2. The van der Waals surface area contributed by atoms with E-state index in [1.807, 2.05) is 23.4 Å². The molecule has 1 aromatic rings. The maximum absolute atomic E-state index is 11.2. The molecule has 1 rings (SSSR count). The molecule has 0 saturated carbocycles. The zero-order valence-electron chi connectivity index (χ0n) is 9.99. The third-order valence-electron chi connectivity index (χ3n) is 2.15. The van der Waals surface area contributed by atoms with Gasteiger partial charge in [-0.05, 0) is 18.5 Å². The summed E-state index contributed by atoms with van der Waals surface area (Å²) < 4.78 is 0. The highest BCUT2D eigenvalue weighted by molar-refractivity contribution is 7.10. The lowest BCUT2D eigenvalue weighted by molar-refractivity contribution is -0.121. The van der Waals surface area contributed by atoms with Gasteiger partial charge in [-0.15, -0.1) is 11.3 Å². The van der Waals surface area contributed by atoms with E-state index in [4.69, 9.17) is 5.11 Å². The first-order valence-corrected chi connectivity index (χ1v) is 6.10. The molecule has 5 heteroatoms. The summed E-state index contributed by atoms with van der Waals surface area (Å²) in [5, 5.41) is 13.2. The van der Waals surface area contributed by atoms with Crippen molar-refractivity contribution in [2.24, 2.45) is 0 Å². The Morgan fingerprint density at radius 2 is 2.41 bits per heavy atom. The summed E-state index contributed by atoms with van der Waals surface area (Å²) in [4.78, 5) is 14.2. The molecule has 4 nitrogen and oxygen atoms in total. The molecule has 0 atom stereocenters. The number of hydrogen-bond donors (Lipinski definition) is 2. The van der Waals surface area contributed by atoms with Crippen molar-refractivity contribution in [2.75, 3.05) is 27.2 Å². The Labute approximate surface area is 105 Å². The normalized spacial score (nSPS) is 9.88. The third-order valence-corrected chi connectivity index (χ3v) is 3.06. The molecule has 1 aromatic heterocycles. The van der Waals surface area contributed by atoms with Gasteiger partial charge in [-0.1, -0.05) is 11.8 Å². The Bertz CT molecular complexity index is 431. The number of carbonyl (C=O) groups is 1. The summed E-state index contributed by atoms with van der Waals surface area (Å²) in [7, 11) is 3.51. The summed E-state index contributed by atoms with van der Waals surface area (Å²) >= 11 is 1.61. The van der Waals surface area contributed by atoms with Crippen molar-refractivity contribution < 1.29 is 9.90 Å². The van der Waals surface area contributed by atoms with E-state index in [1.165, 1.54) is 0 Å². The minimum Gasteiger partial charge on any atom is -0.384 e. The molecule has 0 bridgehead atoms. The third kappa shape index (κ3) is 4.57. The van der Waals surface area contributed by atoms with Gasteiger partial charge in [0, 0.05) is 24.0 Å². The summed E-state index contributed by atoms with van der Waals surface area (Å²) in [5.41, 5.74) is 0.924. The largest absolute Gasteiger partial charge is 0.384 e. The Hall–Kier alpha value is -1.35. The molecule has 1 amide bonds. The maximum atomic E-state index is 11.2. The highest BCUT2D eigenvalue weighted by atomic mass is 32.1. The predicted molar refractivity (Wildman–Crippen MR) is 68.7 cm³/mol. The van der Waals surface area contributed by atoms with Crippen LogP contribution in [0.5, 0.6) is 0 Å². The fourth-order valence-corrected chi connectivity index (χ4v) is 2.24. The molecule has 0 aliphatic heterocycles. The van der Waals surface area contributed by atoms with Gasteiger partial charge in [0.05, 0.1) is 6.54 Å². The quantitative estimate of drug-likeness (QED) is 0.756. The van der Waals surface area contributed by atoms with E-state index in [0.717, 1.165) is 10.4 Å². The number of nitrogens with zero attached hydrogens (tertiary/aromatic N) is 1. The monoisotopic (exact) mass is 252 g/mol. The molecule has 1 heterocycles. The fourth-order valence-electron chi connectivity index (χ4n) is 1.33. The van der Waals surface area contributed by atoms with E-state index in [9.17, 15) is 4.79 Å². The molecule has 0 fully saturated rings. The number of aliphatic hydroxyl groups is 1. The predicted octanol–water partition coefficient (Wildman–Crippen LogP) is 0.270. The smallest absolute Gasteiger partial charge is 0.233 e. The molecule has 92 valence electrons. The van der Waals surface area contributed by atoms with E-state index in [1.54, 1.807) is 18.4 Å². The van der Waals surface area contributed by atoms with Crippen molar-refractivity contribution in [1.29, 1.82) is 0 Å². The van der Waals surface area contributed by atoms with Crippen LogP contribution in [0.1, 0.15) is 10.4 Å². The van der Waals surface area contributed by atoms with E-state index >= 15 is 0 Å². The molecular weight excluding hydrogens is 236 g/mol. The van der Waals surface area contributed by atoms with Gasteiger partial charge in [0.1, 0.15) is 6.61 Å². The summed E-state index contributed by atoms with van der Waals surface area (Å²) in [6.45, 7) is 0.908. The van der Waals surface area contributed by atoms with Crippen molar-refractivity contribution in [3.63, 3.8) is 0 Å². The van der Waals surface area contributed by atoms with Crippen LogP contribution in [0.2, 0.25) is 0 Å². The molecule has 17 heavy (non-hydrogen) atoms. The highest BCUT2D eigenvalue weighted by Crippen LogP contribution is 2.17. The van der Waals surface area contributed by atoms with Gasteiger partial charge >= 0.3 is 0 Å². The second-order valence-electron chi connectivity index (χ2n) is 3.56. The van der Waals surface area contributed by atoms with E-state index in [0.29, 0.717) is 13.1 Å². The number of amides is 1. The SMILES string of the molecule is CNC(=O)CN(C)Cc1sccc1C#CCO. The average molecular weight is 252 g/mol. The van der Waals surface area contributed by atoms with Crippen molar-refractivity contribution in [3.05, 3.63) is 21.9 Å². The first-order chi connectivity index (χ1) is 8.17. The van der Waals surface area contributed by atoms with Crippen LogP contribution in [-0.2, 0) is 11.3 Å². The van der Waals surface area contributed by atoms with Crippen LogP contribution in [0.25, 0.3) is 0 Å². The van der Waals surface area contributed by atoms with E-state index in [-0.39, 0.29) is 12.5 Å². The zero-order chi connectivity index (χ0) is 12.7. The van der Waals surface area contributed by atoms with Gasteiger partial charge in [-0.25, -0.2) is 0 Å². The Morgan fingerprint density at radius 1 is 1.65 bits per heavy atom. The summed E-state index contributed by atoms with van der Waals surface area (Å²) in [5.74, 6) is 5.52. The van der Waals surface area contributed by atoms with Crippen LogP contribution in [0, 0.1) is 11.8 Å². The number of rotatable bonds is 4. The van der Waals surface area contributed by atoms with Crippen molar-refractivity contribution in [2.45, 2.75) is 6.54 Å². The molecule has 0 aromatic carbocycles. The van der Waals surface area contributed by atoms with Crippen LogP contribution in [0.3, 0.4) is 0 Å². The van der Waals surface area contributed by atoms with Crippen LogP contribution in [0.15, 0.2) is 11.4 Å². The highest BCUT2D eigenvalue weighted by Gasteiger charge is 2.08. The van der Waals surface area contributed by atoms with Crippen LogP contribution >= 0.6 is 11.3 Å². The van der Waals surface area contributed by atoms with Crippen molar-refractivity contribution >= 4 is 17.2 Å². The van der Waals surface area contributed by atoms with Gasteiger partial charge in [-0.3, -0.25) is 9.69 Å². The Balaban J connectivity index is 2.62. The molecule has 2 N–H and O–H groups in total. The maximum Gasteiger partial charge on any atom is 0.233 e. The molecule has 0 aliphatic carbocycles. The second-order valence-corrected chi connectivity index (χ2v) is 4.56. The number of carbonyl (C=O) groups excluding carboxylic acids is 1.